The van der Waals surface area contributed by atoms with Crippen LogP contribution in [-0.4, -0.2) is 12.1 Å². The second-order valence-corrected chi connectivity index (χ2v) is 5.95. The summed E-state index contributed by atoms with van der Waals surface area (Å²) in [5.41, 5.74) is 3.12. The van der Waals surface area contributed by atoms with E-state index in [2.05, 4.69) is 16.4 Å². The predicted octanol–water partition coefficient (Wildman–Crippen LogP) is 5.03. The number of hydrogen-bond donors (Lipinski definition) is 1. The van der Waals surface area contributed by atoms with Crippen molar-refractivity contribution in [2.45, 2.75) is 6.54 Å². The fourth-order valence-electron chi connectivity index (χ4n) is 2.43. The summed E-state index contributed by atoms with van der Waals surface area (Å²) in [4.78, 5) is 4.28. The largest absolute Gasteiger partial charge is 0.495 e. The molecule has 1 heterocycles. The Morgan fingerprint density at radius 1 is 1.17 bits per heavy atom. The number of anilines is 1. The monoisotopic (exact) mass is 357 g/mol. The van der Waals surface area contributed by atoms with Gasteiger partial charge in [0, 0.05) is 17.6 Å². The lowest BCUT2D eigenvalue weighted by atomic mass is 10.1. The second-order valence-electron chi connectivity index (χ2n) is 5.16. The van der Waals surface area contributed by atoms with Gasteiger partial charge >= 0.3 is 0 Å². The van der Waals surface area contributed by atoms with Crippen molar-refractivity contribution in [1.82, 2.24) is 4.98 Å². The lowest BCUT2D eigenvalue weighted by Crippen LogP contribution is -2.01. The highest BCUT2D eigenvalue weighted by atomic mass is 35.5. The number of ether oxygens (including phenoxy) is 1. The highest BCUT2D eigenvalue weighted by Crippen LogP contribution is 2.28. The van der Waals surface area contributed by atoms with E-state index in [-0.39, 0.29) is 0 Å². The van der Waals surface area contributed by atoms with E-state index in [9.17, 15) is 0 Å². The number of pyridine rings is 1. The maximum Gasteiger partial charge on any atom is 0.137 e. The van der Waals surface area contributed by atoms with E-state index < -0.39 is 0 Å². The van der Waals surface area contributed by atoms with Crippen LogP contribution in [0.4, 0.5) is 5.69 Å². The van der Waals surface area contributed by atoms with Gasteiger partial charge < -0.3 is 10.1 Å². The second kappa shape index (κ2) is 6.96. The number of aromatic nitrogens is 1. The number of fused-ring (bicyclic) bond motifs is 1. The maximum atomic E-state index is 9.09. The summed E-state index contributed by atoms with van der Waals surface area (Å²) in [6.45, 7) is 0.552. The highest BCUT2D eigenvalue weighted by Gasteiger charge is 2.07. The molecule has 0 amide bonds. The lowest BCUT2D eigenvalue weighted by Gasteiger charge is -2.11. The fourth-order valence-corrected chi connectivity index (χ4v) is 2.91. The van der Waals surface area contributed by atoms with Crippen LogP contribution in [0.1, 0.15) is 11.1 Å². The first-order chi connectivity index (χ1) is 11.6. The van der Waals surface area contributed by atoms with Gasteiger partial charge in [-0.25, -0.2) is 4.98 Å². The zero-order valence-electron chi connectivity index (χ0n) is 12.8. The Hall–Kier alpha value is -2.48. The molecule has 3 rings (SSSR count). The minimum Gasteiger partial charge on any atom is -0.495 e. The molecule has 6 heteroatoms. The molecule has 3 aromatic rings. The number of rotatable bonds is 4. The molecular formula is C18H13Cl2N3O. The molecular weight excluding hydrogens is 345 g/mol. The normalized spacial score (nSPS) is 10.4. The van der Waals surface area contributed by atoms with Gasteiger partial charge in [0.05, 0.1) is 29.3 Å². The molecule has 1 N–H and O–H groups in total. The third kappa shape index (κ3) is 3.38. The quantitative estimate of drug-likeness (QED) is 0.665. The van der Waals surface area contributed by atoms with Gasteiger partial charge in [0.15, 0.2) is 0 Å². The zero-order valence-corrected chi connectivity index (χ0v) is 14.3. The SMILES string of the molecule is COc1ccc(CNc2cc(Cl)nc3ccc(C#N)cc23)cc1Cl. The van der Waals surface area contributed by atoms with Crippen LogP contribution in [0.15, 0.2) is 42.5 Å². The molecule has 0 saturated heterocycles. The van der Waals surface area contributed by atoms with Crippen molar-refractivity contribution in [2.24, 2.45) is 0 Å². The van der Waals surface area contributed by atoms with Gasteiger partial charge in [-0.05, 0) is 42.0 Å². The van der Waals surface area contributed by atoms with E-state index in [1.807, 2.05) is 18.2 Å². The van der Waals surface area contributed by atoms with E-state index in [4.69, 9.17) is 33.2 Å². The molecule has 0 unspecified atom stereocenters. The molecule has 0 aliphatic heterocycles. The Labute approximate surface area is 149 Å². The topological polar surface area (TPSA) is 57.9 Å². The molecule has 2 aromatic carbocycles. The van der Waals surface area contributed by atoms with Gasteiger partial charge in [-0.3, -0.25) is 0 Å². The molecule has 0 aliphatic carbocycles. The van der Waals surface area contributed by atoms with Gasteiger partial charge in [0.2, 0.25) is 0 Å². The van der Waals surface area contributed by atoms with Crippen molar-refractivity contribution in [2.75, 3.05) is 12.4 Å². The molecule has 0 radical (unpaired) electrons. The van der Waals surface area contributed by atoms with E-state index in [1.165, 1.54) is 0 Å². The number of nitrogens with zero attached hydrogens (tertiary/aromatic N) is 2. The molecule has 0 saturated carbocycles. The van der Waals surface area contributed by atoms with Crippen LogP contribution < -0.4 is 10.1 Å². The van der Waals surface area contributed by atoms with Crippen LogP contribution in [0.3, 0.4) is 0 Å². The number of hydrogen-bond acceptors (Lipinski definition) is 4. The first kappa shape index (κ1) is 16.4. The zero-order chi connectivity index (χ0) is 17.1. The Morgan fingerprint density at radius 2 is 2.00 bits per heavy atom. The fraction of sp³-hybridized carbons (Fsp3) is 0.111. The molecule has 1 aromatic heterocycles. The minimum absolute atomic E-state index is 0.391. The summed E-state index contributed by atoms with van der Waals surface area (Å²) in [5.74, 6) is 0.636. The van der Waals surface area contributed by atoms with E-state index in [1.54, 1.807) is 31.4 Å². The van der Waals surface area contributed by atoms with E-state index >= 15 is 0 Å². The Kier molecular flexibility index (Phi) is 4.75. The third-order valence-electron chi connectivity index (χ3n) is 3.61. The molecule has 0 bridgehead atoms. The average Bonchev–Trinajstić information content (AvgIpc) is 2.59. The van der Waals surface area contributed by atoms with Crippen molar-refractivity contribution in [3.63, 3.8) is 0 Å². The molecule has 120 valence electrons. The van der Waals surface area contributed by atoms with E-state index in [0.29, 0.717) is 28.0 Å². The summed E-state index contributed by atoms with van der Waals surface area (Å²) in [6, 6.07) is 14.8. The van der Waals surface area contributed by atoms with Gasteiger partial charge in [0.1, 0.15) is 10.9 Å². The summed E-state index contributed by atoms with van der Waals surface area (Å²) in [7, 11) is 1.58. The van der Waals surface area contributed by atoms with Crippen molar-refractivity contribution in [1.29, 1.82) is 5.26 Å². The van der Waals surface area contributed by atoms with Crippen molar-refractivity contribution >= 4 is 39.8 Å². The minimum atomic E-state index is 0.391. The Morgan fingerprint density at radius 3 is 2.71 bits per heavy atom. The van der Waals surface area contributed by atoms with Gasteiger partial charge in [-0.15, -0.1) is 0 Å². The van der Waals surface area contributed by atoms with Crippen LogP contribution in [0, 0.1) is 11.3 Å². The predicted molar refractivity (Wildman–Crippen MR) is 96.8 cm³/mol. The molecule has 0 fully saturated rings. The first-order valence-electron chi connectivity index (χ1n) is 7.17. The van der Waals surface area contributed by atoms with Crippen LogP contribution in [0.25, 0.3) is 10.9 Å². The maximum absolute atomic E-state index is 9.09. The Balaban J connectivity index is 1.92. The summed E-state index contributed by atoms with van der Waals surface area (Å²) in [6.07, 6.45) is 0. The number of methoxy groups -OCH3 is 1. The van der Waals surface area contributed by atoms with Gasteiger partial charge in [-0.1, -0.05) is 29.3 Å². The molecule has 24 heavy (non-hydrogen) atoms. The third-order valence-corrected chi connectivity index (χ3v) is 4.09. The highest BCUT2D eigenvalue weighted by molar-refractivity contribution is 6.32. The summed E-state index contributed by atoms with van der Waals surface area (Å²) < 4.78 is 5.15. The lowest BCUT2D eigenvalue weighted by molar-refractivity contribution is 0.415. The van der Waals surface area contributed by atoms with Gasteiger partial charge in [0.25, 0.3) is 0 Å². The van der Waals surface area contributed by atoms with Crippen LogP contribution in [0.5, 0.6) is 5.75 Å². The van der Waals surface area contributed by atoms with Crippen molar-refractivity contribution < 1.29 is 4.74 Å². The number of benzene rings is 2. The van der Waals surface area contributed by atoms with Crippen LogP contribution in [0.2, 0.25) is 10.2 Å². The first-order valence-corrected chi connectivity index (χ1v) is 7.93. The molecule has 0 aliphatic rings. The van der Waals surface area contributed by atoms with Crippen molar-refractivity contribution in [3.8, 4) is 11.8 Å². The number of nitrogens with one attached hydrogen (secondary N) is 1. The van der Waals surface area contributed by atoms with E-state index in [0.717, 1.165) is 22.2 Å². The smallest absolute Gasteiger partial charge is 0.137 e. The molecule has 4 nitrogen and oxygen atoms in total. The van der Waals surface area contributed by atoms with Crippen molar-refractivity contribution in [3.05, 3.63) is 63.8 Å². The number of halogens is 2. The van der Waals surface area contributed by atoms with Crippen LogP contribution in [-0.2, 0) is 6.54 Å². The summed E-state index contributed by atoms with van der Waals surface area (Å²) >= 11 is 12.2. The Bertz CT molecular complexity index is 951. The summed E-state index contributed by atoms with van der Waals surface area (Å²) in [5, 5.41) is 14.2. The van der Waals surface area contributed by atoms with Crippen LogP contribution >= 0.6 is 23.2 Å². The standard InChI is InChI=1S/C18H13Cl2N3O/c1-24-17-5-3-12(7-14(17)19)10-22-16-8-18(20)23-15-4-2-11(9-21)6-13(15)16/h2-8H,10H2,1H3,(H,22,23). The average molecular weight is 358 g/mol. The molecule has 0 spiro atoms. The van der Waals surface area contributed by atoms with Gasteiger partial charge in [-0.2, -0.15) is 5.26 Å². The molecule has 0 atom stereocenters. The number of nitriles is 1.